The van der Waals surface area contributed by atoms with Crippen LogP contribution < -0.4 is 11.1 Å². The third kappa shape index (κ3) is 3.77. The Morgan fingerprint density at radius 3 is 2.68 bits per heavy atom. The van der Waals surface area contributed by atoms with Crippen LogP contribution in [-0.4, -0.2) is 16.1 Å². The van der Waals surface area contributed by atoms with E-state index >= 15 is 0 Å². The standard InChI is InChI=1S/C14H16N4O/c1-10(11-4-6-12(15)7-5-11)9-14(19)17-13-3-2-8-16-18-13/h2-8,10H,9,15H2,1H3,(H,17,18,19). The topological polar surface area (TPSA) is 80.9 Å². The van der Waals surface area contributed by atoms with E-state index in [1.807, 2.05) is 31.2 Å². The van der Waals surface area contributed by atoms with E-state index in [0.717, 1.165) is 11.3 Å². The van der Waals surface area contributed by atoms with Crippen molar-refractivity contribution in [1.29, 1.82) is 0 Å². The van der Waals surface area contributed by atoms with Gasteiger partial charge >= 0.3 is 0 Å². The maximum absolute atomic E-state index is 11.9. The van der Waals surface area contributed by atoms with Crippen molar-refractivity contribution < 1.29 is 4.79 Å². The molecule has 0 fully saturated rings. The summed E-state index contributed by atoms with van der Waals surface area (Å²) in [5.41, 5.74) is 7.44. The molecule has 1 amide bonds. The Kier molecular flexibility index (Phi) is 4.07. The molecule has 1 atom stereocenters. The monoisotopic (exact) mass is 256 g/mol. The van der Waals surface area contributed by atoms with Gasteiger partial charge in [0.1, 0.15) is 0 Å². The lowest BCUT2D eigenvalue weighted by Crippen LogP contribution is -2.15. The molecule has 19 heavy (non-hydrogen) atoms. The summed E-state index contributed by atoms with van der Waals surface area (Å²) in [5.74, 6) is 0.513. The molecule has 5 nitrogen and oxygen atoms in total. The van der Waals surface area contributed by atoms with E-state index in [0.29, 0.717) is 12.2 Å². The van der Waals surface area contributed by atoms with Gasteiger partial charge in [0.25, 0.3) is 0 Å². The SMILES string of the molecule is CC(CC(=O)Nc1cccnn1)c1ccc(N)cc1. The summed E-state index contributed by atoms with van der Waals surface area (Å²) in [6.07, 6.45) is 1.95. The zero-order valence-electron chi connectivity index (χ0n) is 10.7. The number of carbonyl (C=O) groups excluding carboxylic acids is 1. The van der Waals surface area contributed by atoms with Gasteiger partial charge in [0.2, 0.25) is 5.91 Å². The van der Waals surface area contributed by atoms with E-state index in [9.17, 15) is 4.79 Å². The number of nitrogens with two attached hydrogens (primary N) is 1. The smallest absolute Gasteiger partial charge is 0.226 e. The highest BCUT2D eigenvalue weighted by atomic mass is 16.1. The minimum atomic E-state index is -0.0789. The summed E-state index contributed by atoms with van der Waals surface area (Å²) >= 11 is 0. The van der Waals surface area contributed by atoms with Crippen molar-refractivity contribution in [3.8, 4) is 0 Å². The highest BCUT2D eigenvalue weighted by Gasteiger charge is 2.11. The Balaban J connectivity index is 1.93. The first-order chi connectivity index (χ1) is 9.15. The quantitative estimate of drug-likeness (QED) is 0.822. The van der Waals surface area contributed by atoms with Crippen LogP contribution in [0.25, 0.3) is 0 Å². The van der Waals surface area contributed by atoms with Crippen molar-refractivity contribution in [3.63, 3.8) is 0 Å². The van der Waals surface area contributed by atoms with E-state index < -0.39 is 0 Å². The molecule has 0 spiro atoms. The second-order valence-electron chi connectivity index (χ2n) is 4.43. The first-order valence-corrected chi connectivity index (χ1v) is 6.08. The fourth-order valence-electron chi connectivity index (χ4n) is 1.78. The lowest BCUT2D eigenvalue weighted by Gasteiger charge is -2.11. The molecule has 1 aromatic carbocycles. The number of aromatic nitrogens is 2. The van der Waals surface area contributed by atoms with Crippen LogP contribution in [-0.2, 0) is 4.79 Å². The molecule has 0 saturated carbocycles. The van der Waals surface area contributed by atoms with E-state index in [1.165, 1.54) is 0 Å². The van der Waals surface area contributed by atoms with E-state index in [1.54, 1.807) is 18.3 Å². The van der Waals surface area contributed by atoms with Gasteiger partial charge in [-0.2, -0.15) is 5.10 Å². The Morgan fingerprint density at radius 1 is 1.32 bits per heavy atom. The first-order valence-electron chi connectivity index (χ1n) is 6.08. The zero-order chi connectivity index (χ0) is 13.7. The average Bonchev–Trinajstić information content (AvgIpc) is 2.40. The predicted molar refractivity (Wildman–Crippen MR) is 74.5 cm³/mol. The molecule has 98 valence electrons. The molecular formula is C14H16N4O. The van der Waals surface area contributed by atoms with Crippen LogP contribution in [0, 0.1) is 0 Å². The number of hydrogen-bond donors (Lipinski definition) is 2. The van der Waals surface area contributed by atoms with Crippen molar-refractivity contribution in [1.82, 2.24) is 10.2 Å². The van der Waals surface area contributed by atoms with Crippen LogP contribution in [0.15, 0.2) is 42.6 Å². The number of benzene rings is 1. The maximum Gasteiger partial charge on any atom is 0.226 e. The minimum absolute atomic E-state index is 0.0789. The number of rotatable bonds is 4. The van der Waals surface area contributed by atoms with Crippen LogP contribution in [0.4, 0.5) is 11.5 Å². The van der Waals surface area contributed by atoms with E-state index in [4.69, 9.17) is 5.73 Å². The molecule has 2 aromatic rings. The highest BCUT2D eigenvalue weighted by Crippen LogP contribution is 2.20. The molecule has 1 heterocycles. The molecule has 0 aliphatic heterocycles. The van der Waals surface area contributed by atoms with Crippen LogP contribution in [0.1, 0.15) is 24.8 Å². The summed E-state index contributed by atoms with van der Waals surface area (Å²) in [6.45, 7) is 2.00. The van der Waals surface area contributed by atoms with Gasteiger partial charge in [-0.15, -0.1) is 5.10 Å². The van der Waals surface area contributed by atoms with Crippen LogP contribution in [0.3, 0.4) is 0 Å². The van der Waals surface area contributed by atoms with Crippen LogP contribution in [0.5, 0.6) is 0 Å². The number of nitrogen functional groups attached to an aromatic ring is 1. The molecule has 0 saturated heterocycles. The lowest BCUT2D eigenvalue weighted by molar-refractivity contribution is -0.116. The van der Waals surface area contributed by atoms with Crippen molar-refractivity contribution >= 4 is 17.4 Å². The lowest BCUT2D eigenvalue weighted by atomic mass is 9.97. The van der Waals surface area contributed by atoms with Gasteiger partial charge in [0.05, 0.1) is 0 Å². The summed E-state index contributed by atoms with van der Waals surface area (Å²) in [4.78, 5) is 11.9. The second-order valence-corrected chi connectivity index (χ2v) is 4.43. The molecule has 0 radical (unpaired) electrons. The molecule has 1 aromatic heterocycles. The third-order valence-electron chi connectivity index (χ3n) is 2.84. The normalized spacial score (nSPS) is 11.8. The van der Waals surface area contributed by atoms with Crippen LogP contribution in [0.2, 0.25) is 0 Å². The number of nitrogens with one attached hydrogen (secondary N) is 1. The summed E-state index contributed by atoms with van der Waals surface area (Å²) in [7, 11) is 0. The number of hydrogen-bond acceptors (Lipinski definition) is 4. The summed E-state index contributed by atoms with van der Waals surface area (Å²) < 4.78 is 0. The van der Waals surface area contributed by atoms with Gasteiger partial charge in [-0.1, -0.05) is 19.1 Å². The average molecular weight is 256 g/mol. The largest absolute Gasteiger partial charge is 0.399 e. The van der Waals surface area contributed by atoms with Gasteiger partial charge in [-0.3, -0.25) is 4.79 Å². The fourth-order valence-corrected chi connectivity index (χ4v) is 1.78. The van der Waals surface area contributed by atoms with Gasteiger partial charge in [-0.05, 0) is 35.7 Å². The third-order valence-corrected chi connectivity index (χ3v) is 2.84. The Hall–Kier alpha value is -2.43. The van der Waals surface area contributed by atoms with E-state index in [-0.39, 0.29) is 11.8 Å². The van der Waals surface area contributed by atoms with Gasteiger partial charge in [-0.25, -0.2) is 0 Å². The Morgan fingerprint density at radius 2 is 2.05 bits per heavy atom. The number of nitrogens with zero attached hydrogens (tertiary/aromatic N) is 2. The number of amides is 1. The van der Waals surface area contributed by atoms with Gasteiger partial charge in [0.15, 0.2) is 5.82 Å². The fraction of sp³-hybridized carbons (Fsp3) is 0.214. The molecule has 0 aliphatic carbocycles. The number of carbonyl (C=O) groups is 1. The first kappa shape index (κ1) is 13.0. The van der Waals surface area contributed by atoms with Crippen molar-refractivity contribution in [3.05, 3.63) is 48.2 Å². The van der Waals surface area contributed by atoms with Gasteiger partial charge < -0.3 is 11.1 Å². The summed E-state index contributed by atoms with van der Waals surface area (Å²) in [6, 6.07) is 11.0. The van der Waals surface area contributed by atoms with Crippen molar-refractivity contribution in [2.45, 2.75) is 19.3 Å². The number of anilines is 2. The molecule has 0 bridgehead atoms. The Bertz CT molecular complexity index is 539. The molecule has 0 aliphatic rings. The molecule has 1 unspecified atom stereocenters. The highest BCUT2D eigenvalue weighted by molar-refractivity contribution is 5.90. The second kappa shape index (κ2) is 5.95. The summed E-state index contributed by atoms with van der Waals surface area (Å²) in [5, 5.41) is 10.2. The predicted octanol–water partition coefficient (Wildman–Crippen LogP) is 2.19. The van der Waals surface area contributed by atoms with Crippen molar-refractivity contribution in [2.24, 2.45) is 0 Å². The zero-order valence-corrected chi connectivity index (χ0v) is 10.7. The maximum atomic E-state index is 11.9. The Labute approximate surface area is 111 Å². The molecule has 5 heteroatoms. The van der Waals surface area contributed by atoms with Crippen molar-refractivity contribution in [2.75, 3.05) is 11.1 Å². The van der Waals surface area contributed by atoms with E-state index in [2.05, 4.69) is 15.5 Å². The molecule has 2 rings (SSSR count). The molecular weight excluding hydrogens is 240 g/mol. The minimum Gasteiger partial charge on any atom is -0.399 e. The van der Waals surface area contributed by atoms with Crippen LogP contribution >= 0.6 is 0 Å². The molecule has 3 N–H and O–H groups in total. The van der Waals surface area contributed by atoms with Gasteiger partial charge in [0, 0.05) is 18.3 Å².